The summed E-state index contributed by atoms with van der Waals surface area (Å²) < 4.78 is 2.17. The lowest BCUT2D eigenvalue weighted by Gasteiger charge is -2.32. The van der Waals surface area contributed by atoms with Crippen molar-refractivity contribution in [3.63, 3.8) is 0 Å². The second-order valence-corrected chi connectivity index (χ2v) is 7.97. The summed E-state index contributed by atoms with van der Waals surface area (Å²) in [5.41, 5.74) is 3.44. The minimum absolute atomic E-state index is 0.0163. The summed E-state index contributed by atoms with van der Waals surface area (Å²) in [6, 6.07) is 9.99. The van der Waals surface area contributed by atoms with Crippen LogP contribution in [0.15, 0.2) is 30.3 Å². The first-order chi connectivity index (χ1) is 14.5. The van der Waals surface area contributed by atoms with Gasteiger partial charge in [0, 0.05) is 44.8 Å². The van der Waals surface area contributed by atoms with Crippen LogP contribution >= 0.6 is 0 Å². The molecule has 1 atom stereocenters. The van der Waals surface area contributed by atoms with E-state index in [1.807, 2.05) is 30.0 Å². The first kappa shape index (κ1) is 20.3. The summed E-state index contributed by atoms with van der Waals surface area (Å²) in [5, 5.41) is 0. The van der Waals surface area contributed by atoms with E-state index in [1.54, 1.807) is 6.07 Å². The molecule has 1 aliphatic rings. The van der Waals surface area contributed by atoms with Crippen molar-refractivity contribution in [3.8, 4) is 0 Å². The minimum atomic E-state index is -0.0163. The maximum atomic E-state index is 13.3. The van der Waals surface area contributed by atoms with E-state index in [-0.39, 0.29) is 11.8 Å². The van der Waals surface area contributed by atoms with Crippen LogP contribution in [0.3, 0.4) is 0 Å². The molecule has 1 unspecified atom stereocenters. The van der Waals surface area contributed by atoms with Crippen LogP contribution in [-0.4, -0.2) is 56.5 Å². The molecule has 0 bridgehead atoms. The molecule has 0 saturated carbocycles. The highest BCUT2D eigenvalue weighted by Crippen LogP contribution is 2.29. The highest BCUT2D eigenvalue weighted by atomic mass is 16.2. The van der Waals surface area contributed by atoms with E-state index in [1.165, 1.54) is 0 Å². The van der Waals surface area contributed by atoms with Crippen molar-refractivity contribution in [1.82, 2.24) is 24.4 Å². The summed E-state index contributed by atoms with van der Waals surface area (Å²) in [7, 11) is 2.07. The first-order valence-electron chi connectivity index (χ1n) is 10.8. The predicted octanol–water partition coefficient (Wildman–Crippen LogP) is 3.54. The van der Waals surface area contributed by atoms with Crippen molar-refractivity contribution in [1.29, 1.82) is 0 Å². The van der Waals surface area contributed by atoms with Crippen molar-refractivity contribution in [2.45, 2.75) is 39.5 Å². The van der Waals surface area contributed by atoms with Gasteiger partial charge in [0.05, 0.1) is 11.0 Å². The number of benzene rings is 1. The lowest BCUT2D eigenvalue weighted by Crippen LogP contribution is -2.40. The fourth-order valence-electron chi connectivity index (χ4n) is 4.37. The Morgan fingerprint density at radius 2 is 1.93 bits per heavy atom. The molecule has 2 aromatic heterocycles. The summed E-state index contributed by atoms with van der Waals surface area (Å²) in [6.45, 7) is 9.11. The average Bonchev–Trinajstić information content (AvgIpc) is 3.10. The van der Waals surface area contributed by atoms with Crippen LogP contribution in [0, 0.1) is 6.92 Å². The first-order valence-corrected chi connectivity index (χ1v) is 10.8. The number of amides is 1. The number of piperidine rings is 1. The molecule has 3 aromatic rings. The maximum Gasteiger partial charge on any atom is 0.272 e. The fourth-order valence-corrected chi connectivity index (χ4v) is 4.37. The summed E-state index contributed by atoms with van der Waals surface area (Å²) in [5.74, 6) is 1.89. The number of likely N-dealkylation sites (tertiary alicyclic amines) is 1. The van der Waals surface area contributed by atoms with E-state index in [2.05, 4.69) is 46.4 Å². The van der Waals surface area contributed by atoms with E-state index >= 15 is 0 Å². The Bertz CT molecular complexity index is 1060. The number of carbonyl (C=O) groups is 1. The molecule has 1 saturated heterocycles. The van der Waals surface area contributed by atoms with Crippen molar-refractivity contribution in [3.05, 3.63) is 47.5 Å². The fraction of sp³-hybridized carbons (Fsp3) is 0.478. The van der Waals surface area contributed by atoms with Gasteiger partial charge < -0.3 is 14.4 Å². The van der Waals surface area contributed by atoms with Crippen LogP contribution in [0.4, 0.5) is 5.95 Å². The van der Waals surface area contributed by atoms with Gasteiger partial charge in [0.15, 0.2) is 0 Å². The number of aryl methyl sites for hydroxylation is 2. The quantitative estimate of drug-likeness (QED) is 0.648. The van der Waals surface area contributed by atoms with Crippen LogP contribution in [0.2, 0.25) is 0 Å². The van der Waals surface area contributed by atoms with Gasteiger partial charge >= 0.3 is 0 Å². The van der Waals surface area contributed by atoms with Gasteiger partial charge in [-0.05, 0) is 51.8 Å². The van der Waals surface area contributed by atoms with Crippen LogP contribution in [0.1, 0.15) is 54.6 Å². The van der Waals surface area contributed by atoms with Gasteiger partial charge in [0.1, 0.15) is 11.5 Å². The van der Waals surface area contributed by atoms with Gasteiger partial charge in [0.25, 0.3) is 5.91 Å². The van der Waals surface area contributed by atoms with E-state index < -0.39 is 0 Å². The van der Waals surface area contributed by atoms with Gasteiger partial charge in [-0.2, -0.15) is 0 Å². The normalized spacial score (nSPS) is 16.8. The number of carbonyl (C=O) groups excluding carboxylic acids is 1. The molecule has 3 heterocycles. The number of anilines is 1. The molecule has 30 heavy (non-hydrogen) atoms. The van der Waals surface area contributed by atoms with Crippen LogP contribution in [0.25, 0.3) is 11.0 Å². The Balaban J connectivity index is 1.59. The predicted molar refractivity (Wildman–Crippen MR) is 119 cm³/mol. The third kappa shape index (κ3) is 3.76. The summed E-state index contributed by atoms with van der Waals surface area (Å²) in [4.78, 5) is 31.3. The number of imidazole rings is 1. The van der Waals surface area contributed by atoms with Gasteiger partial charge in [-0.15, -0.1) is 0 Å². The molecule has 0 radical (unpaired) electrons. The van der Waals surface area contributed by atoms with E-state index in [9.17, 15) is 4.79 Å². The molecule has 7 nitrogen and oxygen atoms in total. The molecule has 0 spiro atoms. The second-order valence-electron chi connectivity index (χ2n) is 7.97. The SMILES string of the molecule is CCN(CC)c1nc(C)cc(C(=O)N2CCCC(c3nc4ccccc4n3C)C2)n1. The standard InChI is InChI=1S/C23H30N6O/c1-5-28(6-2)23-24-16(3)14-19(26-23)22(30)29-13-9-10-17(15-29)21-25-18-11-7-8-12-20(18)27(21)4/h7-8,11-12,14,17H,5-6,9-10,13,15H2,1-4H3. The van der Waals surface area contributed by atoms with Crippen molar-refractivity contribution >= 4 is 22.9 Å². The smallest absolute Gasteiger partial charge is 0.272 e. The van der Waals surface area contributed by atoms with E-state index in [0.29, 0.717) is 18.2 Å². The summed E-state index contributed by atoms with van der Waals surface area (Å²) >= 11 is 0. The zero-order valence-corrected chi connectivity index (χ0v) is 18.3. The number of nitrogens with zero attached hydrogens (tertiary/aromatic N) is 6. The number of aromatic nitrogens is 4. The molecule has 7 heteroatoms. The van der Waals surface area contributed by atoms with E-state index in [4.69, 9.17) is 4.98 Å². The Labute approximate surface area is 177 Å². The Morgan fingerprint density at radius 1 is 1.17 bits per heavy atom. The molecular weight excluding hydrogens is 376 g/mol. The molecule has 1 aromatic carbocycles. The Hall–Kier alpha value is -2.96. The van der Waals surface area contributed by atoms with Gasteiger partial charge in [-0.25, -0.2) is 15.0 Å². The van der Waals surface area contributed by atoms with E-state index in [0.717, 1.165) is 55.0 Å². The zero-order valence-electron chi connectivity index (χ0n) is 18.3. The van der Waals surface area contributed by atoms with Gasteiger partial charge in [-0.1, -0.05) is 12.1 Å². The van der Waals surface area contributed by atoms with Crippen molar-refractivity contribution in [2.75, 3.05) is 31.1 Å². The molecule has 0 N–H and O–H groups in total. The monoisotopic (exact) mass is 406 g/mol. The topological polar surface area (TPSA) is 67.2 Å². The van der Waals surface area contributed by atoms with Crippen molar-refractivity contribution < 1.29 is 4.79 Å². The molecule has 4 rings (SSSR count). The van der Waals surface area contributed by atoms with Gasteiger partial charge in [-0.3, -0.25) is 4.79 Å². The highest BCUT2D eigenvalue weighted by molar-refractivity contribution is 5.92. The number of fused-ring (bicyclic) bond motifs is 1. The molecule has 1 aliphatic heterocycles. The molecule has 158 valence electrons. The van der Waals surface area contributed by atoms with Crippen LogP contribution in [0.5, 0.6) is 0 Å². The number of rotatable bonds is 5. The third-order valence-corrected chi connectivity index (χ3v) is 6.00. The Kier molecular flexibility index (Phi) is 5.70. The van der Waals surface area contributed by atoms with Crippen LogP contribution < -0.4 is 4.90 Å². The highest BCUT2D eigenvalue weighted by Gasteiger charge is 2.29. The summed E-state index contributed by atoms with van der Waals surface area (Å²) in [6.07, 6.45) is 2.00. The Morgan fingerprint density at radius 3 is 2.67 bits per heavy atom. The van der Waals surface area contributed by atoms with Gasteiger partial charge in [0.2, 0.25) is 5.95 Å². The third-order valence-electron chi connectivity index (χ3n) is 6.00. The lowest BCUT2D eigenvalue weighted by atomic mass is 9.97. The molecule has 0 aliphatic carbocycles. The van der Waals surface area contributed by atoms with Crippen molar-refractivity contribution in [2.24, 2.45) is 7.05 Å². The average molecular weight is 407 g/mol. The maximum absolute atomic E-state index is 13.3. The zero-order chi connectivity index (χ0) is 21.3. The van der Waals surface area contributed by atoms with Crippen LogP contribution in [-0.2, 0) is 7.05 Å². The molecule has 1 fully saturated rings. The number of para-hydroxylation sites is 2. The minimum Gasteiger partial charge on any atom is -0.341 e. The second kappa shape index (κ2) is 8.42. The molecule has 1 amide bonds. The lowest BCUT2D eigenvalue weighted by molar-refractivity contribution is 0.0697. The molecular formula is C23H30N6O. The largest absolute Gasteiger partial charge is 0.341 e. The number of hydrogen-bond donors (Lipinski definition) is 0. The number of hydrogen-bond acceptors (Lipinski definition) is 5.